The number of nitrogens with one attached hydrogen (secondary N) is 1. The van der Waals surface area contributed by atoms with Crippen LogP contribution < -0.4 is 5.32 Å². The lowest BCUT2D eigenvalue weighted by Gasteiger charge is -2.13. The number of pyridine rings is 1. The van der Waals surface area contributed by atoms with Crippen LogP contribution in [0.1, 0.15) is 36.5 Å². The Morgan fingerprint density at radius 3 is 2.82 bits per heavy atom. The third-order valence-corrected chi connectivity index (χ3v) is 2.37. The number of carbonyl (C=O) groups excluding carboxylic acids is 1. The molecule has 0 aliphatic heterocycles. The lowest BCUT2D eigenvalue weighted by molar-refractivity contribution is -0.139. The van der Waals surface area contributed by atoms with Crippen LogP contribution in [0.15, 0.2) is 24.5 Å². The van der Waals surface area contributed by atoms with E-state index in [9.17, 15) is 9.59 Å². The summed E-state index contributed by atoms with van der Waals surface area (Å²) in [6, 6.07) is 2.40. The van der Waals surface area contributed by atoms with E-state index in [0.717, 1.165) is 12.8 Å². The number of carboxylic acid groups (broad SMARTS) is 1. The Labute approximate surface area is 99.9 Å². The van der Waals surface area contributed by atoms with Gasteiger partial charge >= 0.3 is 5.97 Å². The van der Waals surface area contributed by atoms with E-state index in [2.05, 4.69) is 10.3 Å². The van der Waals surface area contributed by atoms with Gasteiger partial charge in [-0.2, -0.15) is 0 Å². The molecule has 1 rings (SSSR count). The van der Waals surface area contributed by atoms with Gasteiger partial charge in [0.15, 0.2) is 0 Å². The fraction of sp³-hybridized carbons (Fsp3) is 0.417. The molecule has 0 spiro atoms. The molecule has 1 aromatic rings. The zero-order valence-electron chi connectivity index (χ0n) is 9.72. The largest absolute Gasteiger partial charge is 0.480 e. The van der Waals surface area contributed by atoms with Gasteiger partial charge in [0.1, 0.15) is 6.04 Å². The number of nitrogens with zero attached hydrogens (tertiary/aromatic N) is 1. The minimum atomic E-state index is -1.00. The van der Waals surface area contributed by atoms with Crippen molar-refractivity contribution in [3.8, 4) is 0 Å². The van der Waals surface area contributed by atoms with Crippen LogP contribution in [0.25, 0.3) is 0 Å². The third-order valence-electron chi connectivity index (χ3n) is 2.37. The van der Waals surface area contributed by atoms with E-state index in [1.54, 1.807) is 18.3 Å². The van der Waals surface area contributed by atoms with Gasteiger partial charge in [-0.1, -0.05) is 19.8 Å². The Kier molecular flexibility index (Phi) is 5.13. The molecule has 5 nitrogen and oxygen atoms in total. The van der Waals surface area contributed by atoms with Crippen molar-refractivity contribution in [2.45, 2.75) is 32.2 Å². The summed E-state index contributed by atoms with van der Waals surface area (Å²) in [5.74, 6) is -1.41. The van der Waals surface area contributed by atoms with Crippen molar-refractivity contribution in [1.29, 1.82) is 0 Å². The lowest BCUT2D eigenvalue weighted by Crippen LogP contribution is -2.40. The SMILES string of the molecule is CCCC[C@@H](NC(=O)c1cccnc1)C(=O)O. The maximum Gasteiger partial charge on any atom is 0.326 e. The van der Waals surface area contributed by atoms with Gasteiger partial charge in [-0.15, -0.1) is 0 Å². The fourth-order valence-corrected chi connectivity index (χ4v) is 1.40. The Bertz CT molecular complexity index is 379. The summed E-state index contributed by atoms with van der Waals surface area (Å²) in [4.78, 5) is 26.5. The number of rotatable bonds is 6. The van der Waals surface area contributed by atoms with E-state index in [1.165, 1.54) is 6.20 Å². The highest BCUT2D eigenvalue weighted by Crippen LogP contribution is 2.03. The molecule has 0 saturated heterocycles. The van der Waals surface area contributed by atoms with E-state index < -0.39 is 17.9 Å². The number of carbonyl (C=O) groups is 2. The van der Waals surface area contributed by atoms with E-state index in [0.29, 0.717) is 12.0 Å². The zero-order valence-corrected chi connectivity index (χ0v) is 9.72. The molecule has 0 saturated carbocycles. The normalized spacial score (nSPS) is 11.8. The van der Waals surface area contributed by atoms with Gasteiger partial charge in [-0.25, -0.2) is 4.79 Å². The summed E-state index contributed by atoms with van der Waals surface area (Å²) in [6.07, 6.45) is 5.07. The smallest absolute Gasteiger partial charge is 0.326 e. The number of amides is 1. The molecule has 0 aliphatic carbocycles. The summed E-state index contributed by atoms with van der Waals surface area (Å²) in [5, 5.41) is 11.5. The van der Waals surface area contributed by atoms with Crippen LogP contribution in [0.3, 0.4) is 0 Å². The van der Waals surface area contributed by atoms with Crippen molar-refractivity contribution < 1.29 is 14.7 Å². The van der Waals surface area contributed by atoms with E-state index in [4.69, 9.17) is 5.11 Å². The Balaban J connectivity index is 2.61. The van der Waals surface area contributed by atoms with E-state index in [1.807, 2.05) is 6.92 Å². The Morgan fingerprint density at radius 2 is 2.29 bits per heavy atom. The molecular weight excluding hydrogens is 220 g/mol. The van der Waals surface area contributed by atoms with Gasteiger partial charge in [0, 0.05) is 12.4 Å². The molecule has 17 heavy (non-hydrogen) atoms. The van der Waals surface area contributed by atoms with Crippen LogP contribution in [0.4, 0.5) is 0 Å². The van der Waals surface area contributed by atoms with Crippen LogP contribution in [-0.2, 0) is 4.79 Å². The fourth-order valence-electron chi connectivity index (χ4n) is 1.40. The van der Waals surface area contributed by atoms with Gasteiger partial charge in [-0.05, 0) is 18.6 Å². The van der Waals surface area contributed by atoms with Gasteiger partial charge < -0.3 is 10.4 Å². The first kappa shape index (κ1) is 13.2. The van der Waals surface area contributed by atoms with E-state index in [-0.39, 0.29) is 0 Å². The van der Waals surface area contributed by atoms with Crippen molar-refractivity contribution in [3.63, 3.8) is 0 Å². The first-order valence-electron chi connectivity index (χ1n) is 5.58. The molecule has 0 aromatic carbocycles. The molecule has 2 N–H and O–H groups in total. The summed E-state index contributed by atoms with van der Waals surface area (Å²) < 4.78 is 0. The quantitative estimate of drug-likeness (QED) is 0.783. The molecule has 0 fully saturated rings. The molecule has 0 radical (unpaired) electrons. The first-order valence-corrected chi connectivity index (χ1v) is 5.58. The van der Waals surface area contributed by atoms with Crippen LogP contribution in [-0.4, -0.2) is 28.0 Å². The summed E-state index contributed by atoms with van der Waals surface area (Å²) in [7, 11) is 0. The molecule has 1 heterocycles. The molecule has 1 amide bonds. The highest BCUT2D eigenvalue weighted by molar-refractivity contribution is 5.96. The van der Waals surface area contributed by atoms with Crippen molar-refractivity contribution in [2.24, 2.45) is 0 Å². The summed E-state index contributed by atoms with van der Waals surface area (Å²) in [5.41, 5.74) is 0.371. The molecule has 1 atom stereocenters. The second kappa shape index (κ2) is 6.62. The number of hydrogen-bond donors (Lipinski definition) is 2. The van der Waals surface area contributed by atoms with Crippen molar-refractivity contribution >= 4 is 11.9 Å². The maximum absolute atomic E-state index is 11.7. The molecule has 1 aromatic heterocycles. The van der Waals surface area contributed by atoms with Crippen molar-refractivity contribution in [1.82, 2.24) is 10.3 Å². The molecule has 0 aliphatic rings. The number of carboxylic acids is 1. The molecule has 0 unspecified atom stereocenters. The second-order valence-electron chi connectivity index (χ2n) is 3.75. The molecule has 0 bridgehead atoms. The Morgan fingerprint density at radius 1 is 1.53 bits per heavy atom. The van der Waals surface area contributed by atoms with Gasteiger partial charge in [-0.3, -0.25) is 9.78 Å². The number of unbranched alkanes of at least 4 members (excludes halogenated alkanes) is 1. The van der Waals surface area contributed by atoms with Crippen LogP contribution in [0, 0.1) is 0 Å². The molecular formula is C12H16N2O3. The van der Waals surface area contributed by atoms with Crippen molar-refractivity contribution in [3.05, 3.63) is 30.1 Å². The van der Waals surface area contributed by atoms with Crippen LogP contribution in [0.2, 0.25) is 0 Å². The average Bonchev–Trinajstić information content (AvgIpc) is 2.35. The van der Waals surface area contributed by atoms with Gasteiger partial charge in [0.2, 0.25) is 0 Å². The number of hydrogen-bond acceptors (Lipinski definition) is 3. The van der Waals surface area contributed by atoms with Gasteiger partial charge in [0.25, 0.3) is 5.91 Å². The lowest BCUT2D eigenvalue weighted by atomic mass is 10.1. The van der Waals surface area contributed by atoms with Crippen LogP contribution >= 0.6 is 0 Å². The first-order chi connectivity index (χ1) is 8.15. The maximum atomic E-state index is 11.7. The zero-order chi connectivity index (χ0) is 12.7. The minimum Gasteiger partial charge on any atom is -0.480 e. The number of aliphatic carboxylic acids is 1. The molecule has 92 valence electrons. The highest BCUT2D eigenvalue weighted by atomic mass is 16.4. The van der Waals surface area contributed by atoms with Crippen LogP contribution in [0.5, 0.6) is 0 Å². The standard InChI is InChI=1S/C12H16N2O3/c1-2-3-6-10(12(16)17)14-11(15)9-5-4-7-13-8-9/h4-5,7-8,10H,2-3,6H2,1H3,(H,14,15)(H,16,17)/t10-/m1/s1. The predicted molar refractivity (Wildman–Crippen MR) is 62.7 cm³/mol. The number of aromatic nitrogens is 1. The highest BCUT2D eigenvalue weighted by Gasteiger charge is 2.19. The third kappa shape index (κ3) is 4.22. The summed E-state index contributed by atoms with van der Waals surface area (Å²) in [6.45, 7) is 1.97. The van der Waals surface area contributed by atoms with E-state index >= 15 is 0 Å². The minimum absolute atomic E-state index is 0.371. The monoisotopic (exact) mass is 236 g/mol. The summed E-state index contributed by atoms with van der Waals surface area (Å²) >= 11 is 0. The van der Waals surface area contributed by atoms with Gasteiger partial charge in [0.05, 0.1) is 5.56 Å². The topological polar surface area (TPSA) is 79.3 Å². The average molecular weight is 236 g/mol. The second-order valence-corrected chi connectivity index (χ2v) is 3.75. The molecule has 5 heteroatoms. The van der Waals surface area contributed by atoms with Crippen molar-refractivity contribution in [2.75, 3.05) is 0 Å². The predicted octanol–water partition coefficient (Wildman–Crippen LogP) is 1.45. The Hall–Kier alpha value is -1.91.